The van der Waals surface area contributed by atoms with Crippen LogP contribution in [-0.4, -0.2) is 5.91 Å². The van der Waals surface area contributed by atoms with Crippen molar-refractivity contribution >= 4 is 5.91 Å². The lowest BCUT2D eigenvalue weighted by Crippen LogP contribution is -2.37. The molecule has 2 aromatic carbocycles. The lowest BCUT2D eigenvalue weighted by atomic mass is 9.87. The minimum Gasteiger partial charge on any atom is -0.457 e. The number of carbonyl (C=O) groups is 1. The molecule has 1 aliphatic carbocycles. The van der Waals surface area contributed by atoms with E-state index >= 15 is 0 Å². The zero-order valence-electron chi connectivity index (χ0n) is 14.4. The number of para-hydroxylation sites is 1. The maximum Gasteiger partial charge on any atom is 0.240 e. The summed E-state index contributed by atoms with van der Waals surface area (Å²) < 4.78 is 5.96. The average Bonchev–Trinajstić information content (AvgIpc) is 3.13. The zero-order valence-corrected chi connectivity index (χ0v) is 14.4. The summed E-state index contributed by atoms with van der Waals surface area (Å²) in [5, 5.41) is 12.3. The maximum absolute atomic E-state index is 12.5. The molecule has 4 nitrogen and oxygen atoms in total. The molecule has 0 radical (unpaired) electrons. The first kappa shape index (κ1) is 17.0. The molecule has 0 spiro atoms. The van der Waals surface area contributed by atoms with E-state index in [-0.39, 0.29) is 5.91 Å². The Morgan fingerprint density at radius 1 is 1.16 bits per heavy atom. The first-order valence-corrected chi connectivity index (χ1v) is 8.65. The van der Waals surface area contributed by atoms with E-state index in [4.69, 9.17) is 4.74 Å². The second-order valence-corrected chi connectivity index (χ2v) is 6.61. The smallest absolute Gasteiger partial charge is 0.240 e. The summed E-state index contributed by atoms with van der Waals surface area (Å²) in [6.45, 7) is 2.38. The van der Waals surface area contributed by atoms with Gasteiger partial charge in [0, 0.05) is 12.1 Å². The van der Waals surface area contributed by atoms with Gasteiger partial charge in [0.2, 0.25) is 5.91 Å². The summed E-state index contributed by atoms with van der Waals surface area (Å²) in [4.78, 5) is 12.5. The average molecular weight is 334 g/mol. The molecule has 3 rings (SSSR count). The van der Waals surface area contributed by atoms with E-state index in [1.54, 1.807) is 0 Å². The summed E-state index contributed by atoms with van der Waals surface area (Å²) in [5.74, 6) is 1.30. The van der Waals surface area contributed by atoms with Gasteiger partial charge in [0.25, 0.3) is 0 Å². The molecular formula is C21H22N2O2. The molecule has 1 N–H and O–H groups in total. The summed E-state index contributed by atoms with van der Waals surface area (Å²) >= 11 is 0. The molecule has 0 aromatic heterocycles. The van der Waals surface area contributed by atoms with Crippen molar-refractivity contribution in [3.05, 3.63) is 59.7 Å². The highest BCUT2D eigenvalue weighted by Crippen LogP contribution is 2.37. The molecule has 0 heterocycles. The molecule has 128 valence electrons. The summed E-state index contributed by atoms with van der Waals surface area (Å²) in [7, 11) is 0. The van der Waals surface area contributed by atoms with E-state index in [0.29, 0.717) is 25.1 Å². The minimum absolute atomic E-state index is 0.169. The number of nitrogens with zero attached hydrogens (tertiary/aromatic N) is 1. The van der Waals surface area contributed by atoms with Gasteiger partial charge in [-0.25, -0.2) is 0 Å². The van der Waals surface area contributed by atoms with Gasteiger partial charge >= 0.3 is 0 Å². The standard InChI is InChI=1S/C21H22N2O2/c1-16-8-10-18(11-9-16)25-19-7-3-2-6-17(19)14-23-20(24)21(15-22)12-4-5-13-21/h2-3,6-11H,4-5,12-14H2,1H3,(H,23,24). The van der Waals surface area contributed by atoms with Gasteiger partial charge in [-0.3, -0.25) is 4.79 Å². The monoisotopic (exact) mass is 334 g/mol. The second-order valence-electron chi connectivity index (χ2n) is 6.61. The van der Waals surface area contributed by atoms with Crippen molar-refractivity contribution in [1.82, 2.24) is 5.32 Å². The number of benzene rings is 2. The maximum atomic E-state index is 12.5. The lowest BCUT2D eigenvalue weighted by molar-refractivity contribution is -0.128. The Kier molecular flexibility index (Phi) is 5.04. The van der Waals surface area contributed by atoms with Crippen LogP contribution in [0.25, 0.3) is 0 Å². The summed E-state index contributed by atoms with van der Waals surface area (Å²) in [6, 6.07) is 17.7. The van der Waals surface area contributed by atoms with Crippen molar-refractivity contribution in [2.75, 3.05) is 0 Å². The van der Waals surface area contributed by atoms with E-state index in [2.05, 4.69) is 11.4 Å². The van der Waals surface area contributed by atoms with Gasteiger partial charge in [0.05, 0.1) is 6.07 Å². The predicted molar refractivity (Wildman–Crippen MR) is 96.1 cm³/mol. The van der Waals surface area contributed by atoms with E-state index in [9.17, 15) is 10.1 Å². The Labute approximate surface area is 148 Å². The van der Waals surface area contributed by atoms with E-state index < -0.39 is 5.41 Å². The molecule has 0 aliphatic heterocycles. The molecule has 1 saturated carbocycles. The Bertz CT molecular complexity index is 784. The van der Waals surface area contributed by atoms with Gasteiger partial charge in [0.15, 0.2) is 0 Å². The van der Waals surface area contributed by atoms with Crippen molar-refractivity contribution in [2.45, 2.75) is 39.2 Å². The number of amides is 1. The highest BCUT2D eigenvalue weighted by Gasteiger charge is 2.41. The van der Waals surface area contributed by atoms with Crippen LogP contribution < -0.4 is 10.1 Å². The molecule has 0 saturated heterocycles. The van der Waals surface area contributed by atoms with Crippen LogP contribution in [0.4, 0.5) is 0 Å². The molecular weight excluding hydrogens is 312 g/mol. The second kappa shape index (κ2) is 7.40. The van der Waals surface area contributed by atoms with Crippen molar-refractivity contribution in [3.63, 3.8) is 0 Å². The molecule has 1 aliphatic rings. The van der Waals surface area contributed by atoms with Crippen LogP contribution in [0.3, 0.4) is 0 Å². The number of carbonyl (C=O) groups excluding carboxylic acids is 1. The quantitative estimate of drug-likeness (QED) is 0.876. The number of ether oxygens (including phenoxy) is 1. The molecule has 0 unspecified atom stereocenters. The number of nitrogens with one attached hydrogen (secondary N) is 1. The first-order chi connectivity index (χ1) is 12.1. The van der Waals surface area contributed by atoms with Crippen molar-refractivity contribution in [1.29, 1.82) is 5.26 Å². The third-order valence-corrected chi connectivity index (χ3v) is 4.77. The number of hydrogen-bond donors (Lipinski definition) is 1. The molecule has 0 atom stereocenters. The fourth-order valence-corrected chi connectivity index (χ4v) is 3.20. The van der Waals surface area contributed by atoms with Gasteiger partial charge in [0.1, 0.15) is 16.9 Å². The summed E-state index contributed by atoms with van der Waals surface area (Å²) in [6.07, 6.45) is 3.18. The Morgan fingerprint density at radius 2 is 1.84 bits per heavy atom. The number of hydrogen-bond acceptors (Lipinski definition) is 3. The van der Waals surface area contributed by atoms with Crippen LogP contribution in [0, 0.1) is 23.7 Å². The molecule has 1 amide bonds. The summed E-state index contributed by atoms with van der Waals surface area (Å²) in [5.41, 5.74) is 1.21. The van der Waals surface area contributed by atoms with Gasteiger partial charge in [-0.1, -0.05) is 48.7 Å². The van der Waals surface area contributed by atoms with Gasteiger partial charge < -0.3 is 10.1 Å². The van der Waals surface area contributed by atoms with Crippen LogP contribution in [0.15, 0.2) is 48.5 Å². The van der Waals surface area contributed by atoms with Crippen LogP contribution in [0.1, 0.15) is 36.8 Å². The molecule has 2 aromatic rings. The minimum atomic E-state index is -0.854. The van der Waals surface area contributed by atoms with Crippen molar-refractivity contribution < 1.29 is 9.53 Å². The molecule has 25 heavy (non-hydrogen) atoms. The molecule has 0 bridgehead atoms. The highest BCUT2D eigenvalue weighted by atomic mass is 16.5. The van der Waals surface area contributed by atoms with E-state index in [1.165, 1.54) is 5.56 Å². The van der Waals surface area contributed by atoms with Crippen molar-refractivity contribution in [2.24, 2.45) is 5.41 Å². The fourth-order valence-electron chi connectivity index (χ4n) is 3.20. The largest absolute Gasteiger partial charge is 0.457 e. The van der Waals surface area contributed by atoms with Crippen LogP contribution >= 0.6 is 0 Å². The van der Waals surface area contributed by atoms with E-state index in [1.807, 2.05) is 55.5 Å². The highest BCUT2D eigenvalue weighted by molar-refractivity contribution is 5.85. The predicted octanol–water partition coefficient (Wildman–Crippen LogP) is 4.49. The third kappa shape index (κ3) is 3.83. The Morgan fingerprint density at radius 3 is 2.52 bits per heavy atom. The van der Waals surface area contributed by atoms with Gasteiger partial charge in [-0.15, -0.1) is 0 Å². The lowest BCUT2D eigenvalue weighted by Gasteiger charge is -2.20. The number of aryl methyl sites for hydroxylation is 1. The molecule has 1 fully saturated rings. The van der Waals surface area contributed by atoms with Gasteiger partial charge in [-0.2, -0.15) is 5.26 Å². The third-order valence-electron chi connectivity index (χ3n) is 4.77. The normalized spacial score (nSPS) is 15.4. The first-order valence-electron chi connectivity index (χ1n) is 8.65. The van der Waals surface area contributed by atoms with Gasteiger partial charge in [-0.05, 0) is 38.0 Å². The Balaban J connectivity index is 1.70. The zero-order chi connectivity index (χ0) is 17.7. The van der Waals surface area contributed by atoms with Crippen LogP contribution in [-0.2, 0) is 11.3 Å². The topological polar surface area (TPSA) is 62.1 Å². The molecule has 4 heteroatoms. The number of nitriles is 1. The van der Waals surface area contributed by atoms with E-state index in [0.717, 1.165) is 24.2 Å². The number of rotatable bonds is 5. The SMILES string of the molecule is Cc1ccc(Oc2ccccc2CNC(=O)C2(C#N)CCCC2)cc1. The van der Waals surface area contributed by atoms with Crippen LogP contribution in [0.5, 0.6) is 11.5 Å². The van der Waals surface area contributed by atoms with Crippen LogP contribution in [0.2, 0.25) is 0 Å². The Hall–Kier alpha value is -2.80. The fraction of sp³-hybridized carbons (Fsp3) is 0.333. The van der Waals surface area contributed by atoms with Crippen molar-refractivity contribution in [3.8, 4) is 17.6 Å².